The summed E-state index contributed by atoms with van der Waals surface area (Å²) in [5.74, 6) is 0. The van der Waals surface area contributed by atoms with Crippen molar-refractivity contribution in [3.05, 3.63) is 41.5 Å². The minimum Gasteiger partial charge on any atom is -0.328 e. The van der Waals surface area contributed by atoms with Crippen molar-refractivity contribution in [2.45, 2.75) is 25.8 Å². The molecule has 0 bridgehead atoms. The predicted octanol–water partition coefficient (Wildman–Crippen LogP) is 2.43. The lowest BCUT2D eigenvalue weighted by Gasteiger charge is -2.28. The van der Waals surface area contributed by atoms with Crippen LogP contribution in [0.25, 0.3) is 6.08 Å². The molecule has 0 saturated carbocycles. The molecule has 0 spiro atoms. The van der Waals surface area contributed by atoms with Crippen LogP contribution in [-0.2, 0) is 0 Å². The van der Waals surface area contributed by atoms with Crippen LogP contribution < -0.4 is 5.73 Å². The maximum atomic E-state index is 5.89. The van der Waals surface area contributed by atoms with Gasteiger partial charge in [-0.1, -0.05) is 36.4 Å². The summed E-state index contributed by atoms with van der Waals surface area (Å²) in [6.07, 6.45) is 6.76. The Balaban J connectivity index is 1.84. The Labute approximate surface area is 104 Å². The summed E-state index contributed by atoms with van der Waals surface area (Å²) < 4.78 is 0. The topological polar surface area (TPSA) is 29.3 Å². The highest BCUT2D eigenvalue weighted by atomic mass is 15.1. The fourth-order valence-electron chi connectivity index (χ4n) is 2.24. The second-order valence-corrected chi connectivity index (χ2v) is 4.90. The molecule has 1 fully saturated rings. The number of hydrogen-bond donors (Lipinski definition) is 1. The smallest absolute Gasteiger partial charge is 0.0166 e. The van der Waals surface area contributed by atoms with Crippen LogP contribution in [0.1, 0.15) is 24.0 Å². The average Bonchev–Trinajstić information content (AvgIpc) is 2.34. The lowest BCUT2D eigenvalue weighted by atomic mass is 10.1. The number of nitrogens with two attached hydrogens (primary N) is 1. The van der Waals surface area contributed by atoms with Crippen LogP contribution in [0.4, 0.5) is 0 Å². The van der Waals surface area contributed by atoms with Crippen molar-refractivity contribution in [3.8, 4) is 0 Å². The van der Waals surface area contributed by atoms with Crippen molar-refractivity contribution >= 4 is 6.08 Å². The van der Waals surface area contributed by atoms with Crippen molar-refractivity contribution in [2.24, 2.45) is 5.73 Å². The molecule has 2 N–H and O–H groups in total. The van der Waals surface area contributed by atoms with Crippen LogP contribution in [0.3, 0.4) is 0 Å². The van der Waals surface area contributed by atoms with Gasteiger partial charge in [0.05, 0.1) is 0 Å². The van der Waals surface area contributed by atoms with Gasteiger partial charge >= 0.3 is 0 Å². The molecular weight excluding hydrogens is 208 g/mol. The molecule has 92 valence electrons. The largest absolute Gasteiger partial charge is 0.328 e. The second-order valence-electron chi connectivity index (χ2n) is 4.90. The zero-order valence-corrected chi connectivity index (χ0v) is 10.6. The van der Waals surface area contributed by atoms with E-state index in [1.165, 1.54) is 11.1 Å². The Morgan fingerprint density at radius 2 is 2.00 bits per heavy atom. The maximum Gasteiger partial charge on any atom is 0.0166 e. The van der Waals surface area contributed by atoms with E-state index in [1.807, 2.05) is 0 Å². The van der Waals surface area contributed by atoms with Crippen LogP contribution >= 0.6 is 0 Å². The van der Waals surface area contributed by atoms with Crippen LogP contribution in [0.15, 0.2) is 30.3 Å². The third-order valence-corrected chi connectivity index (χ3v) is 3.48. The summed E-state index contributed by atoms with van der Waals surface area (Å²) in [5.41, 5.74) is 8.55. The van der Waals surface area contributed by atoms with E-state index in [2.05, 4.69) is 48.2 Å². The molecule has 0 amide bonds. The fourth-order valence-corrected chi connectivity index (χ4v) is 2.24. The van der Waals surface area contributed by atoms with E-state index >= 15 is 0 Å². The van der Waals surface area contributed by atoms with Gasteiger partial charge in [0.25, 0.3) is 0 Å². The average molecular weight is 230 g/mol. The zero-order chi connectivity index (χ0) is 12.1. The van der Waals surface area contributed by atoms with Crippen molar-refractivity contribution in [2.75, 3.05) is 19.6 Å². The number of hydrogen-bond acceptors (Lipinski definition) is 2. The first-order valence-electron chi connectivity index (χ1n) is 6.46. The normalized spacial score (nSPS) is 18.9. The SMILES string of the molecule is Cc1ccccc1/C=C/CN1CCC(N)CC1. The Bertz CT molecular complexity index is 376. The second kappa shape index (κ2) is 5.99. The van der Waals surface area contributed by atoms with Gasteiger partial charge in [-0.2, -0.15) is 0 Å². The molecule has 2 heteroatoms. The van der Waals surface area contributed by atoms with Crippen LogP contribution in [0.5, 0.6) is 0 Å². The van der Waals surface area contributed by atoms with Crippen LogP contribution in [0, 0.1) is 6.92 Å². The summed E-state index contributed by atoms with van der Waals surface area (Å²) >= 11 is 0. The molecule has 2 rings (SSSR count). The van der Waals surface area contributed by atoms with E-state index in [9.17, 15) is 0 Å². The molecule has 1 saturated heterocycles. The third-order valence-electron chi connectivity index (χ3n) is 3.48. The maximum absolute atomic E-state index is 5.89. The molecule has 1 aliphatic rings. The first-order valence-corrected chi connectivity index (χ1v) is 6.46. The molecule has 0 aliphatic carbocycles. The first-order chi connectivity index (χ1) is 8.25. The van der Waals surface area contributed by atoms with Gasteiger partial charge in [0.1, 0.15) is 0 Å². The molecule has 0 atom stereocenters. The van der Waals surface area contributed by atoms with Crippen molar-refractivity contribution in [3.63, 3.8) is 0 Å². The van der Waals surface area contributed by atoms with E-state index in [0.717, 1.165) is 32.5 Å². The van der Waals surface area contributed by atoms with Crippen LogP contribution in [0.2, 0.25) is 0 Å². The summed E-state index contributed by atoms with van der Waals surface area (Å²) in [5, 5.41) is 0. The van der Waals surface area contributed by atoms with E-state index < -0.39 is 0 Å². The molecule has 1 heterocycles. The zero-order valence-electron chi connectivity index (χ0n) is 10.6. The highest BCUT2D eigenvalue weighted by molar-refractivity contribution is 5.53. The number of likely N-dealkylation sites (tertiary alicyclic amines) is 1. The standard InChI is InChI=1S/C15H22N2/c1-13-5-2-3-6-14(13)7-4-10-17-11-8-15(16)9-12-17/h2-7,15H,8-12,16H2,1H3/b7-4+. The van der Waals surface area contributed by atoms with Gasteiger partial charge in [0.2, 0.25) is 0 Å². The Morgan fingerprint density at radius 1 is 1.29 bits per heavy atom. The minimum absolute atomic E-state index is 0.423. The van der Waals surface area contributed by atoms with Crippen LogP contribution in [-0.4, -0.2) is 30.6 Å². The lowest BCUT2D eigenvalue weighted by Crippen LogP contribution is -2.39. The Kier molecular flexibility index (Phi) is 4.35. The Hall–Kier alpha value is -1.12. The van der Waals surface area contributed by atoms with Crippen molar-refractivity contribution in [1.29, 1.82) is 0 Å². The van der Waals surface area contributed by atoms with Gasteiger partial charge < -0.3 is 5.73 Å². The van der Waals surface area contributed by atoms with E-state index in [4.69, 9.17) is 5.73 Å². The number of aryl methyl sites for hydroxylation is 1. The molecule has 1 aromatic rings. The van der Waals surface area contributed by atoms with Crippen molar-refractivity contribution < 1.29 is 0 Å². The lowest BCUT2D eigenvalue weighted by molar-refractivity contribution is 0.234. The molecule has 1 aromatic carbocycles. The fraction of sp³-hybridized carbons (Fsp3) is 0.467. The van der Waals surface area contributed by atoms with Gasteiger partial charge in [-0.05, 0) is 44.0 Å². The third kappa shape index (κ3) is 3.69. The molecule has 0 aromatic heterocycles. The summed E-state index contributed by atoms with van der Waals surface area (Å²) in [4.78, 5) is 2.47. The quantitative estimate of drug-likeness (QED) is 0.864. The van der Waals surface area contributed by atoms with Gasteiger partial charge in [0, 0.05) is 12.6 Å². The van der Waals surface area contributed by atoms with E-state index in [0.29, 0.717) is 6.04 Å². The van der Waals surface area contributed by atoms with Gasteiger partial charge in [-0.15, -0.1) is 0 Å². The first kappa shape index (κ1) is 12.3. The minimum atomic E-state index is 0.423. The molecule has 0 radical (unpaired) electrons. The number of benzene rings is 1. The predicted molar refractivity (Wildman–Crippen MR) is 73.9 cm³/mol. The number of nitrogens with zero attached hydrogens (tertiary/aromatic N) is 1. The molecule has 17 heavy (non-hydrogen) atoms. The highest BCUT2D eigenvalue weighted by Crippen LogP contribution is 2.11. The number of piperidine rings is 1. The summed E-state index contributed by atoms with van der Waals surface area (Å²) in [6, 6.07) is 8.91. The number of rotatable bonds is 3. The molecular formula is C15H22N2. The molecule has 2 nitrogen and oxygen atoms in total. The molecule has 1 aliphatic heterocycles. The van der Waals surface area contributed by atoms with Gasteiger partial charge in [-0.3, -0.25) is 4.90 Å². The van der Waals surface area contributed by atoms with E-state index in [1.54, 1.807) is 0 Å². The van der Waals surface area contributed by atoms with Gasteiger partial charge in [-0.25, -0.2) is 0 Å². The summed E-state index contributed by atoms with van der Waals surface area (Å²) in [6.45, 7) is 5.47. The molecule has 0 unspecified atom stereocenters. The Morgan fingerprint density at radius 3 is 2.71 bits per heavy atom. The monoisotopic (exact) mass is 230 g/mol. The summed E-state index contributed by atoms with van der Waals surface area (Å²) in [7, 11) is 0. The van der Waals surface area contributed by atoms with Crippen molar-refractivity contribution in [1.82, 2.24) is 4.90 Å². The van der Waals surface area contributed by atoms with E-state index in [-0.39, 0.29) is 0 Å². The highest BCUT2D eigenvalue weighted by Gasteiger charge is 2.14. The van der Waals surface area contributed by atoms with Gasteiger partial charge in [0.15, 0.2) is 0 Å².